The van der Waals surface area contributed by atoms with E-state index in [4.69, 9.17) is 19.8 Å². The predicted octanol–water partition coefficient (Wildman–Crippen LogP) is -1.64. The number of aliphatic hydroxyl groups is 2. The van der Waals surface area contributed by atoms with E-state index in [0.29, 0.717) is 0 Å². The molecule has 1 rings (SSSR count). The van der Waals surface area contributed by atoms with Crippen LogP contribution in [0.5, 0.6) is 0 Å². The Balaban J connectivity index is 2.92. The molecule has 7 N–H and O–H groups in total. The van der Waals surface area contributed by atoms with Gasteiger partial charge in [0.05, 0.1) is 25.7 Å². The van der Waals surface area contributed by atoms with E-state index < -0.39 is 49.1 Å². The maximum Gasteiger partial charge on any atom is 0.328 e. The fourth-order valence-electron chi connectivity index (χ4n) is 2.06. The van der Waals surface area contributed by atoms with Crippen molar-refractivity contribution >= 4 is 18.0 Å². The van der Waals surface area contributed by atoms with Gasteiger partial charge in [-0.05, 0) is 0 Å². The average molecular weight is 389 g/mol. The number of carbonyl (C=O) groups is 3. The molecule has 1 heterocycles. The molecule has 0 spiro atoms. The number of nitrogens with one attached hydrogen (secondary N) is 3. The van der Waals surface area contributed by atoms with Crippen molar-refractivity contribution in [2.24, 2.45) is 0 Å². The lowest BCUT2D eigenvalue weighted by Gasteiger charge is -2.17. The second-order valence-corrected chi connectivity index (χ2v) is 5.89. The third-order valence-corrected chi connectivity index (χ3v) is 3.25. The SMILES string of the molecule is CC(C)NC(CO)c1noc(C(CC(=O)O)NC(=O)NC(CO)C(=O)O)n1. The van der Waals surface area contributed by atoms with Crippen LogP contribution in [0, 0.1) is 0 Å². The van der Waals surface area contributed by atoms with Gasteiger partial charge in [0.2, 0.25) is 5.89 Å². The van der Waals surface area contributed by atoms with Crippen LogP contribution in [0.1, 0.15) is 44.1 Å². The predicted molar refractivity (Wildman–Crippen MR) is 87.6 cm³/mol. The normalized spacial score (nSPS) is 14.4. The molecule has 3 unspecified atom stereocenters. The molecule has 0 aliphatic rings. The van der Waals surface area contributed by atoms with Gasteiger partial charge >= 0.3 is 18.0 Å². The molecule has 0 aromatic carbocycles. The second kappa shape index (κ2) is 10.4. The Morgan fingerprint density at radius 2 is 1.74 bits per heavy atom. The first-order chi connectivity index (χ1) is 12.7. The monoisotopic (exact) mass is 389 g/mol. The highest BCUT2D eigenvalue weighted by Gasteiger charge is 2.28. The summed E-state index contributed by atoms with van der Waals surface area (Å²) in [7, 11) is 0. The molecule has 3 atom stereocenters. The smallest absolute Gasteiger partial charge is 0.328 e. The van der Waals surface area contributed by atoms with E-state index in [0.717, 1.165) is 0 Å². The van der Waals surface area contributed by atoms with Crippen LogP contribution in [0.3, 0.4) is 0 Å². The van der Waals surface area contributed by atoms with E-state index in [-0.39, 0.29) is 24.4 Å². The van der Waals surface area contributed by atoms with Gasteiger partial charge in [-0.1, -0.05) is 19.0 Å². The number of amides is 2. The number of nitrogens with zero attached hydrogens (tertiary/aromatic N) is 2. The second-order valence-electron chi connectivity index (χ2n) is 5.89. The largest absolute Gasteiger partial charge is 0.481 e. The number of rotatable bonds is 11. The van der Waals surface area contributed by atoms with E-state index in [2.05, 4.69) is 20.8 Å². The molecule has 0 saturated heterocycles. The van der Waals surface area contributed by atoms with Crippen molar-refractivity contribution in [2.75, 3.05) is 13.2 Å². The van der Waals surface area contributed by atoms with E-state index >= 15 is 0 Å². The number of aliphatic hydroxyl groups excluding tert-OH is 2. The fourth-order valence-corrected chi connectivity index (χ4v) is 2.06. The summed E-state index contributed by atoms with van der Waals surface area (Å²) in [6.45, 7) is 2.48. The lowest BCUT2D eigenvalue weighted by molar-refractivity contribution is -0.140. The Morgan fingerprint density at radius 3 is 2.22 bits per heavy atom. The number of carboxylic acids is 2. The topological polar surface area (TPSA) is 207 Å². The molecule has 13 heteroatoms. The van der Waals surface area contributed by atoms with Crippen molar-refractivity contribution in [3.05, 3.63) is 11.7 Å². The molecule has 27 heavy (non-hydrogen) atoms. The summed E-state index contributed by atoms with van der Waals surface area (Å²) in [5.41, 5.74) is 0. The van der Waals surface area contributed by atoms with Gasteiger partial charge in [0.1, 0.15) is 6.04 Å². The van der Waals surface area contributed by atoms with Gasteiger partial charge in [0, 0.05) is 6.04 Å². The van der Waals surface area contributed by atoms with Crippen LogP contribution in [0.25, 0.3) is 0 Å². The first-order valence-corrected chi connectivity index (χ1v) is 8.00. The molecule has 1 aromatic rings. The highest BCUT2D eigenvalue weighted by molar-refractivity contribution is 5.83. The van der Waals surface area contributed by atoms with Crippen LogP contribution in [0.4, 0.5) is 4.79 Å². The molecule has 0 saturated carbocycles. The van der Waals surface area contributed by atoms with Gasteiger partial charge in [-0.3, -0.25) is 4.79 Å². The zero-order valence-corrected chi connectivity index (χ0v) is 14.7. The maximum absolute atomic E-state index is 11.9. The quantitative estimate of drug-likeness (QED) is 0.228. The standard InChI is InChI=1S/C14H23N5O8/c1-6(2)15-8(4-20)11-18-12(27-19-11)7(3-10(22)23)16-14(26)17-9(5-21)13(24)25/h6-9,15,20-21H,3-5H2,1-2H3,(H,22,23)(H,24,25)(H2,16,17,26). The van der Waals surface area contributed by atoms with Crippen LogP contribution in [-0.4, -0.2) is 73.8 Å². The molecule has 13 nitrogen and oxygen atoms in total. The van der Waals surface area contributed by atoms with Crippen molar-refractivity contribution in [1.29, 1.82) is 0 Å². The minimum absolute atomic E-state index is 0.00532. The molecule has 0 radical (unpaired) electrons. The minimum atomic E-state index is -1.57. The van der Waals surface area contributed by atoms with E-state index in [1.807, 2.05) is 19.2 Å². The van der Waals surface area contributed by atoms with Gasteiger partial charge in [-0.25, -0.2) is 9.59 Å². The van der Waals surface area contributed by atoms with Gasteiger partial charge in [-0.15, -0.1) is 0 Å². The number of carboxylic acid groups (broad SMARTS) is 2. The Labute approximate surface area is 153 Å². The van der Waals surface area contributed by atoms with Gasteiger partial charge in [0.25, 0.3) is 0 Å². The lowest BCUT2D eigenvalue weighted by atomic mass is 10.2. The number of aromatic nitrogens is 2. The summed E-state index contributed by atoms with van der Waals surface area (Å²) in [5.74, 6) is -2.91. The molecule has 0 bridgehead atoms. The van der Waals surface area contributed by atoms with Crippen LogP contribution in [0.2, 0.25) is 0 Å². The van der Waals surface area contributed by atoms with Gasteiger partial charge in [0.15, 0.2) is 11.9 Å². The summed E-state index contributed by atoms with van der Waals surface area (Å²) >= 11 is 0. The zero-order valence-electron chi connectivity index (χ0n) is 14.7. The Kier molecular flexibility index (Phi) is 8.58. The summed E-state index contributed by atoms with van der Waals surface area (Å²) in [6, 6.07) is -4.53. The Morgan fingerprint density at radius 1 is 1.07 bits per heavy atom. The third kappa shape index (κ3) is 7.16. The maximum atomic E-state index is 11.9. The lowest BCUT2D eigenvalue weighted by Crippen LogP contribution is -2.49. The molecular formula is C14H23N5O8. The fraction of sp³-hybridized carbons (Fsp3) is 0.643. The zero-order chi connectivity index (χ0) is 20.6. The summed E-state index contributed by atoms with van der Waals surface area (Å²) in [5, 5.41) is 47.0. The van der Waals surface area contributed by atoms with Crippen molar-refractivity contribution in [1.82, 2.24) is 26.1 Å². The van der Waals surface area contributed by atoms with Crippen LogP contribution >= 0.6 is 0 Å². The minimum Gasteiger partial charge on any atom is -0.481 e. The Bertz CT molecular complexity index is 649. The van der Waals surface area contributed by atoms with Crippen molar-refractivity contribution in [3.8, 4) is 0 Å². The summed E-state index contributed by atoms with van der Waals surface area (Å²) in [4.78, 5) is 37.8. The molecular weight excluding hydrogens is 366 g/mol. The van der Waals surface area contributed by atoms with E-state index in [1.54, 1.807) is 0 Å². The van der Waals surface area contributed by atoms with Crippen molar-refractivity contribution in [3.63, 3.8) is 0 Å². The molecule has 1 aromatic heterocycles. The van der Waals surface area contributed by atoms with Crippen LogP contribution in [0.15, 0.2) is 4.52 Å². The highest BCUT2D eigenvalue weighted by Crippen LogP contribution is 2.18. The van der Waals surface area contributed by atoms with Crippen LogP contribution in [-0.2, 0) is 9.59 Å². The summed E-state index contributed by atoms with van der Waals surface area (Å²) in [6.07, 6.45) is -0.618. The number of aliphatic carboxylic acids is 2. The van der Waals surface area contributed by atoms with Crippen LogP contribution < -0.4 is 16.0 Å². The third-order valence-electron chi connectivity index (χ3n) is 3.25. The molecule has 0 aliphatic carbocycles. The van der Waals surface area contributed by atoms with Gasteiger partial charge < -0.3 is 40.9 Å². The first-order valence-electron chi connectivity index (χ1n) is 8.00. The van der Waals surface area contributed by atoms with Crippen molar-refractivity contribution < 1.29 is 39.3 Å². The molecule has 0 fully saturated rings. The first kappa shape index (κ1) is 22.3. The van der Waals surface area contributed by atoms with E-state index in [1.165, 1.54) is 0 Å². The number of carbonyl (C=O) groups excluding carboxylic acids is 1. The molecule has 0 aliphatic heterocycles. The molecule has 152 valence electrons. The number of hydrogen-bond acceptors (Lipinski definition) is 9. The molecule has 2 amide bonds. The van der Waals surface area contributed by atoms with Gasteiger partial charge in [-0.2, -0.15) is 4.98 Å². The summed E-state index contributed by atoms with van der Waals surface area (Å²) < 4.78 is 4.99. The average Bonchev–Trinajstić information content (AvgIpc) is 3.05. The van der Waals surface area contributed by atoms with Crippen molar-refractivity contribution in [2.45, 2.75) is 44.4 Å². The number of urea groups is 1. The van der Waals surface area contributed by atoms with E-state index in [9.17, 15) is 19.5 Å². The Hall–Kier alpha value is -2.77. The number of hydrogen-bond donors (Lipinski definition) is 7. The highest BCUT2D eigenvalue weighted by atomic mass is 16.5.